The van der Waals surface area contributed by atoms with Crippen LogP contribution in [0.5, 0.6) is 0 Å². The summed E-state index contributed by atoms with van der Waals surface area (Å²) < 4.78 is 0. The van der Waals surface area contributed by atoms with E-state index < -0.39 is 0 Å². The fourth-order valence-electron chi connectivity index (χ4n) is 1.41. The molecule has 0 amide bonds. The molecule has 0 saturated heterocycles. The average Bonchev–Trinajstić information content (AvgIpc) is 2.10. The minimum atomic E-state index is 1.06. The van der Waals surface area contributed by atoms with Crippen LogP contribution in [0.25, 0.3) is 0 Å². The molecule has 0 aromatic rings. The van der Waals surface area contributed by atoms with E-state index >= 15 is 0 Å². The molecule has 0 N–H and O–H groups in total. The van der Waals surface area contributed by atoms with Crippen LogP contribution in [0.4, 0.5) is 0 Å². The van der Waals surface area contributed by atoms with Crippen LogP contribution in [-0.4, -0.2) is 6.21 Å². The minimum absolute atomic E-state index is 1.06. The smallest absolute Gasteiger partial charge is 0.0171 e. The van der Waals surface area contributed by atoms with E-state index in [1.165, 1.54) is 23.3 Å². The van der Waals surface area contributed by atoms with Crippen LogP contribution in [-0.2, 0) is 0 Å². The van der Waals surface area contributed by atoms with Crippen LogP contribution in [0.2, 0.25) is 0 Å². The van der Waals surface area contributed by atoms with Gasteiger partial charge in [0.25, 0.3) is 0 Å². The number of rotatable bonds is 3. The summed E-state index contributed by atoms with van der Waals surface area (Å²) in [5.74, 6) is 0. The van der Waals surface area contributed by atoms with Gasteiger partial charge in [0, 0.05) is 0 Å². The zero-order chi connectivity index (χ0) is 9.68. The Bertz CT molecular complexity index is 256. The summed E-state index contributed by atoms with van der Waals surface area (Å²) in [4.78, 5) is 4.49. The molecule has 0 aliphatic heterocycles. The van der Waals surface area contributed by atoms with Gasteiger partial charge in [-0.1, -0.05) is 39.3 Å². The van der Waals surface area contributed by atoms with Gasteiger partial charge in [0.05, 0.1) is 0 Å². The molecule has 0 unspecified atom stereocenters. The Kier molecular flexibility index (Phi) is 3.81. The maximum absolute atomic E-state index is 4.49. The summed E-state index contributed by atoms with van der Waals surface area (Å²) in [7, 11) is 0. The minimum Gasteiger partial charge on any atom is -0.355 e. The van der Waals surface area contributed by atoms with Gasteiger partial charge in [0.1, 0.15) is 0 Å². The Labute approximate surface area is 81.3 Å². The van der Waals surface area contributed by atoms with Gasteiger partial charge in [-0.2, -0.15) is 5.57 Å². The first kappa shape index (κ1) is 10.1. The van der Waals surface area contributed by atoms with Crippen molar-refractivity contribution in [1.29, 1.82) is 0 Å². The van der Waals surface area contributed by atoms with E-state index in [1.54, 1.807) is 0 Å². The summed E-state index contributed by atoms with van der Waals surface area (Å²) in [6.07, 6.45) is 9.78. The molecule has 1 nitrogen and oxygen atoms in total. The van der Waals surface area contributed by atoms with E-state index in [4.69, 9.17) is 0 Å². The largest absolute Gasteiger partial charge is 0.355 e. The van der Waals surface area contributed by atoms with Crippen LogP contribution >= 0.6 is 0 Å². The van der Waals surface area contributed by atoms with Crippen molar-refractivity contribution >= 4 is 6.21 Å². The van der Waals surface area contributed by atoms with Gasteiger partial charge in [-0.3, -0.25) is 0 Å². The van der Waals surface area contributed by atoms with Crippen molar-refractivity contribution in [3.8, 4) is 0 Å². The third-order valence-electron chi connectivity index (χ3n) is 2.23. The lowest BCUT2D eigenvalue weighted by atomic mass is 9.98. The van der Waals surface area contributed by atoms with E-state index in [-0.39, 0.29) is 0 Å². The van der Waals surface area contributed by atoms with Gasteiger partial charge in [-0.15, -0.1) is 11.6 Å². The van der Waals surface area contributed by atoms with Crippen molar-refractivity contribution in [3.63, 3.8) is 0 Å². The van der Waals surface area contributed by atoms with Crippen molar-refractivity contribution in [2.45, 2.75) is 40.0 Å². The molecule has 1 aliphatic carbocycles. The zero-order valence-corrected chi connectivity index (χ0v) is 8.80. The molecule has 1 rings (SSSR count). The Morgan fingerprint density at radius 1 is 1.54 bits per heavy atom. The molecule has 0 aromatic heterocycles. The van der Waals surface area contributed by atoms with Crippen LogP contribution in [0.15, 0.2) is 27.9 Å². The van der Waals surface area contributed by atoms with Gasteiger partial charge < -0.3 is 4.99 Å². The average molecular weight is 176 g/mol. The highest BCUT2D eigenvalue weighted by molar-refractivity contribution is 5.61. The van der Waals surface area contributed by atoms with Gasteiger partial charge >= 0.3 is 0 Å². The number of hydrogen-bond donors (Lipinski definition) is 0. The van der Waals surface area contributed by atoms with Crippen LogP contribution in [0.3, 0.4) is 0 Å². The monoisotopic (exact) mass is 176 g/mol. The Balaban J connectivity index is 2.70. The normalized spacial score (nSPS) is 17.6. The fourth-order valence-corrected chi connectivity index (χ4v) is 1.41. The predicted octanol–water partition coefficient (Wildman–Crippen LogP) is 3.69. The first-order valence-corrected chi connectivity index (χ1v) is 4.99. The van der Waals surface area contributed by atoms with Crippen molar-refractivity contribution in [2.24, 2.45) is 4.99 Å². The second-order valence-corrected chi connectivity index (χ2v) is 3.46. The molecule has 0 fully saturated rings. The topological polar surface area (TPSA) is 12.4 Å². The van der Waals surface area contributed by atoms with Crippen LogP contribution < -0.4 is 0 Å². The maximum atomic E-state index is 4.49. The number of allylic oxidation sites excluding steroid dienone is 3. The molecule has 0 bridgehead atoms. The summed E-state index contributed by atoms with van der Waals surface area (Å²) in [5.41, 5.74) is 3.79. The number of nitrogens with zero attached hydrogens (tertiary/aromatic N) is 1. The standard InChI is InChI=1S/C12H18N/c1-4-5-9-13-12-10(2)7-6-8-11(12)3/h7-9H,4-6H2,1-3H3/q-1. The summed E-state index contributed by atoms with van der Waals surface area (Å²) in [6.45, 7) is 6.44. The molecule has 0 spiro atoms. The molecule has 13 heavy (non-hydrogen) atoms. The van der Waals surface area contributed by atoms with E-state index in [0.717, 1.165) is 12.8 Å². The molecular formula is C12H18N-. The Hall–Kier alpha value is -0.980. The summed E-state index contributed by atoms with van der Waals surface area (Å²) in [5, 5.41) is 0. The number of aliphatic imine (C=N–C) groups is 1. The molecule has 0 heterocycles. The van der Waals surface area contributed by atoms with Crippen LogP contribution in [0, 0.1) is 6.42 Å². The van der Waals surface area contributed by atoms with Crippen molar-refractivity contribution in [2.75, 3.05) is 0 Å². The van der Waals surface area contributed by atoms with Crippen molar-refractivity contribution in [1.82, 2.24) is 0 Å². The van der Waals surface area contributed by atoms with Gasteiger partial charge in [-0.05, 0) is 12.6 Å². The molecule has 0 aromatic carbocycles. The fraction of sp³-hybridized carbons (Fsp3) is 0.500. The first-order valence-electron chi connectivity index (χ1n) is 4.99. The molecular weight excluding hydrogens is 158 g/mol. The second-order valence-electron chi connectivity index (χ2n) is 3.46. The quantitative estimate of drug-likeness (QED) is 0.459. The van der Waals surface area contributed by atoms with Gasteiger partial charge in [0.15, 0.2) is 0 Å². The lowest BCUT2D eigenvalue weighted by Gasteiger charge is -2.23. The second kappa shape index (κ2) is 4.90. The van der Waals surface area contributed by atoms with E-state index in [1.807, 2.05) is 6.21 Å². The van der Waals surface area contributed by atoms with E-state index in [2.05, 4.69) is 38.3 Å². The van der Waals surface area contributed by atoms with E-state index in [9.17, 15) is 0 Å². The highest BCUT2D eigenvalue weighted by Crippen LogP contribution is 2.24. The molecule has 0 radical (unpaired) electrons. The SMILES string of the molecule is CCCC=NC1=C(C)[CH-]CC=C1C. The first-order chi connectivity index (χ1) is 6.25. The predicted molar refractivity (Wildman–Crippen MR) is 58.8 cm³/mol. The van der Waals surface area contributed by atoms with Crippen LogP contribution in [0.1, 0.15) is 40.0 Å². The summed E-state index contributed by atoms with van der Waals surface area (Å²) in [6, 6.07) is 0. The van der Waals surface area contributed by atoms with Crippen molar-refractivity contribution < 1.29 is 0 Å². The summed E-state index contributed by atoms with van der Waals surface area (Å²) >= 11 is 0. The van der Waals surface area contributed by atoms with E-state index in [0.29, 0.717) is 0 Å². The molecule has 1 heteroatoms. The van der Waals surface area contributed by atoms with Gasteiger partial charge in [-0.25, -0.2) is 6.42 Å². The number of hydrogen-bond acceptors (Lipinski definition) is 1. The molecule has 0 atom stereocenters. The molecule has 72 valence electrons. The highest BCUT2D eigenvalue weighted by Gasteiger charge is 1.96. The lowest BCUT2D eigenvalue weighted by Crippen LogP contribution is -1.95. The number of unbranched alkanes of at least 4 members (excludes halogenated alkanes) is 1. The zero-order valence-electron chi connectivity index (χ0n) is 8.80. The Morgan fingerprint density at radius 2 is 2.31 bits per heavy atom. The maximum Gasteiger partial charge on any atom is -0.0171 e. The van der Waals surface area contributed by atoms with Crippen molar-refractivity contribution in [3.05, 3.63) is 29.3 Å². The van der Waals surface area contributed by atoms with Gasteiger partial charge in [0.2, 0.25) is 0 Å². The molecule has 0 saturated carbocycles. The Morgan fingerprint density at radius 3 is 2.92 bits per heavy atom. The molecule has 1 aliphatic rings. The third kappa shape index (κ3) is 2.76. The third-order valence-corrected chi connectivity index (χ3v) is 2.23. The lowest BCUT2D eigenvalue weighted by molar-refractivity contribution is 0.999. The highest BCUT2D eigenvalue weighted by atomic mass is 14.7.